The van der Waals surface area contributed by atoms with E-state index in [4.69, 9.17) is 9.47 Å². The molecule has 2 aromatic heterocycles. The topological polar surface area (TPSA) is 124 Å². The number of para-hydroxylation sites is 2. The first-order chi connectivity index (χ1) is 20.3. The normalized spacial score (nSPS) is 23.2. The molecule has 0 aliphatic carbocycles. The quantitative estimate of drug-likeness (QED) is 0.302. The minimum absolute atomic E-state index is 0.0175. The number of carbonyl (C=O) groups excluding carboxylic acids is 2. The zero-order valence-electron chi connectivity index (χ0n) is 24.2. The van der Waals surface area contributed by atoms with E-state index in [2.05, 4.69) is 39.4 Å². The molecule has 2 aromatic carbocycles. The number of aromatic nitrogens is 4. The third-order valence-electron chi connectivity index (χ3n) is 8.38. The second-order valence-corrected chi connectivity index (χ2v) is 11.1. The van der Waals surface area contributed by atoms with Crippen LogP contribution in [0.1, 0.15) is 46.8 Å². The molecule has 2 fully saturated rings. The number of ether oxygens (including phenoxy) is 2. The number of nitrogens with one attached hydrogen (secondary N) is 2. The van der Waals surface area contributed by atoms with E-state index < -0.39 is 6.09 Å². The lowest BCUT2D eigenvalue weighted by Crippen LogP contribution is -2.49. The molecular weight excluding hydrogens is 534 g/mol. The van der Waals surface area contributed by atoms with Crippen LogP contribution in [-0.4, -0.2) is 49.7 Å². The van der Waals surface area contributed by atoms with Crippen molar-refractivity contribution >= 4 is 40.5 Å². The maximum Gasteiger partial charge on any atom is 0.425 e. The number of carbonyl (C=O) groups is 2. The molecule has 2 N–H and O–H groups in total. The van der Waals surface area contributed by atoms with Crippen LogP contribution in [0.5, 0.6) is 5.88 Å². The van der Waals surface area contributed by atoms with Crippen molar-refractivity contribution in [1.82, 2.24) is 24.8 Å². The van der Waals surface area contributed by atoms with Gasteiger partial charge >= 0.3 is 6.09 Å². The van der Waals surface area contributed by atoms with Crippen LogP contribution in [0.4, 0.5) is 22.1 Å². The third-order valence-corrected chi connectivity index (χ3v) is 8.38. The Bertz CT molecular complexity index is 1550. The molecule has 4 atom stereocenters. The second kappa shape index (κ2) is 11.1. The maximum absolute atomic E-state index is 13.8. The summed E-state index contributed by atoms with van der Waals surface area (Å²) in [6.07, 6.45) is 2.37. The lowest BCUT2D eigenvalue weighted by Gasteiger charge is -2.36. The number of hydrogen-bond acceptors (Lipinski definition) is 8. The molecule has 11 heteroatoms. The highest BCUT2D eigenvalue weighted by Crippen LogP contribution is 2.48. The van der Waals surface area contributed by atoms with Crippen LogP contribution in [0.2, 0.25) is 0 Å². The van der Waals surface area contributed by atoms with E-state index in [0.29, 0.717) is 17.0 Å². The Hall–Kier alpha value is -4.35. The Kier molecular flexibility index (Phi) is 7.38. The number of hydrogen-bond donors (Lipinski definition) is 2. The van der Waals surface area contributed by atoms with Crippen molar-refractivity contribution in [1.29, 1.82) is 0 Å². The molecule has 2 saturated heterocycles. The van der Waals surface area contributed by atoms with Crippen LogP contribution in [-0.2, 0) is 9.53 Å². The molecule has 2 bridgehead atoms. The van der Waals surface area contributed by atoms with Gasteiger partial charge in [0.15, 0.2) is 17.4 Å². The van der Waals surface area contributed by atoms with E-state index in [1.54, 1.807) is 20.2 Å². The molecule has 218 valence electrons. The minimum atomic E-state index is -0.684. The number of imidazole rings is 1. The number of amides is 2. The summed E-state index contributed by atoms with van der Waals surface area (Å²) in [4.78, 5) is 41.6. The summed E-state index contributed by atoms with van der Waals surface area (Å²) < 4.78 is 14.5. The summed E-state index contributed by atoms with van der Waals surface area (Å²) in [5.74, 6) is -0.348. The van der Waals surface area contributed by atoms with Crippen molar-refractivity contribution in [2.24, 2.45) is 11.8 Å². The Labute approximate surface area is 244 Å². The second-order valence-electron chi connectivity index (χ2n) is 11.1. The largest absolute Gasteiger partial charge is 0.425 e. The Balaban J connectivity index is 1.42. The zero-order valence-corrected chi connectivity index (χ0v) is 24.2. The summed E-state index contributed by atoms with van der Waals surface area (Å²) in [7, 11) is 0. The van der Waals surface area contributed by atoms with Crippen LogP contribution < -0.4 is 20.3 Å². The van der Waals surface area contributed by atoms with Gasteiger partial charge < -0.3 is 14.8 Å². The zero-order chi connectivity index (χ0) is 29.4. The molecule has 0 unspecified atom stereocenters. The minimum Gasteiger partial charge on any atom is -0.388 e. The average Bonchev–Trinajstić information content (AvgIpc) is 3.46. The van der Waals surface area contributed by atoms with Crippen molar-refractivity contribution in [3.05, 3.63) is 67.0 Å². The predicted molar refractivity (Wildman–Crippen MR) is 159 cm³/mol. The van der Waals surface area contributed by atoms with Gasteiger partial charge in [-0.05, 0) is 43.7 Å². The summed E-state index contributed by atoms with van der Waals surface area (Å²) in [5.41, 5.74) is 1.68. The maximum atomic E-state index is 13.8. The van der Waals surface area contributed by atoms with Gasteiger partial charge in [0, 0.05) is 11.8 Å². The van der Waals surface area contributed by atoms with Gasteiger partial charge in [-0.1, -0.05) is 64.1 Å². The molecule has 6 rings (SSSR count). The molecule has 0 saturated carbocycles. The molecule has 0 spiro atoms. The molecule has 11 nitrogen and oxygen atoms in total. The lowest BCUT2D eigenvalue weighted by molar-refractivity contribution is -0.118. The molecule has 42 heavy (non-hydrogen) atoms. The van der Waals surface area contributed by atoms with Crippen molar-refractivity contribution in [3.8, 4) is 5.88 Å². The molecule has 4 heterocycles. The summed E-state index contributed by atoms with van der Waals surface area (Å²) in [6.45, 7) is 8.77. The van der Waals surface area contributed by atoms with Crippen LogP contribution in [0.3, 0.4) is 0 Å². The van der Waals surface area contributed by atoms with E-state index in [1.807, 2.05) is 65.2 Å². The predicted octanol–water partition coefficient (Wildman–Crippen LogP) is 5.43. The van der Waals surface area contributed by atoms with Gasteiger partial charge in [-0.25, -0.2) is 14.7 Å². The summed E-state index contributed by atoms with van der Waals surface area (Å²) in [5, 5.41) is 6.36. The standard InChI is InChI=1S/C31H35N7O4/c1-5-31-16-17-32-23(20(31)4)28(42-31)37-18-33-24-25(37)34-29(35-26(39)19(2)3)36-27(24)41-30(40)38(21-12-8-6-9-13-21)22-14-10-7-11-15-22/h6-15,18-20,23,28,32H,5,16-17H2,1-4H3,(H,34,35,36,39)/t20-,23+,28+,31-/m0/s1. The lowest BCUT2D eigenvalue weighted by atomic mass is 9.78. The molecule has 2 aliphatic heterocycles. The van der Waals surface area contributed by atoms with E-state index >= 15 is 0 Å². The van der Waals surface area contributed by atoms with Gasteiger partial charge in [0.2, 0.25) is 11.9 Å². The van der Waals surface area contributed by atoms with E-state index in [-0.39, 0.29) is 53.0 Å². The van der Waals surface area contributed by atoms with Gasteiger partial charge in [-0.15, -0.1) is 0 Å². The number of anilines is 3. The number of fused-ring (bicyclic) bond motifs is 3. The highest BCUT2D eigenvalue weighted by atomic mass is 16.6. The SMILES string of the molecule is CC[C@@]12CCN[C@@H]([C@H](n3cnc4c(OC(=O)N(c5ccccc5)c5ccccc5)nc(NC(=O)C(C)C)nc43)O1)[C@@H]2C. The molecule has 0 radical (unpaired) electrons. The molecule has 2 amide bonds. The Morgan fingerprint density at radius 3 is 2.38 bits per heavy atom. The Morgan fingerprint density at radius 2 is 1.79 bits per heavy atom. The van der Waals surface area contributed by atoms with Crippen LogP contribution in [0.15, 0.2) is 67.0 Å². The van der Waals surface area contributed by atoms with E-state index in [1.165, 1.54) is 4.90 Å². The van der Waals surface area contributed by atoms with Crippen molar-refractivity contribution in [3.63, 3.8) is 0 Å². The molecule has 4 aromatic rings. The third kappa shape index (κ3) is 4.88. The van der Waals surface area contributed by atoms with Gasteiger partial charge in [0.25, 0.3) is 5.88 Å². The Morgan fingerprint density at radius 1 is 1.12 bits per heavy atom. The van der Waals surface area contributed by atoms with Gasteiger partial charge in [0.05, 0.1) is 29.3 Å². The van der Waals surface area contributed by atoms with Crippen molar-refractivity contribution in [2.75, 3.05) is 16.8 Å². The fourth-order valence-electron chi connectivity index (χ4n) is 5.92. The van der Waals surface area contributed by atoms with Crippen molar-refractivity contribution in [2.45, 2.75) is 58.4 Å². The van der Waals surface area contributed by atoms with Crippen molar-refractivity contribution < 1.29 is 19.1 Å². The fourth-order valence-corrected chi connectivity index (χ4v) is 5.92. The average molecular weight is 570 g/mol. The highest BCUT2D eigenvalue weighted by molar-refractivity contribution is 5.98. The van der Waals surface area contributed by atoms with Crippen LogP contribution >= 0.6 is 0 Å². The van der Waals surface area contributed by atoms with E-state index in [9.17, 15) is 9.59 Å². The first kappa shape index (κ1) is 27.8. The van der Waals surface area contributed by atoms with Crippen LogP contribution in [0.25, 0.3) is 11.2 Å². The fraction of sp³-hybridized carbons (Fsp3) is 0.387. The number of benzene rings is 2. The first-order valence-electron chi connectivity index (χ1n) is 14.4. The van der Waals surface area contributed by atoms with Crippen LogP contribution in [0, 0.1) is 11.8 Å². The molecule has 2 aliphatic rings. The van der Waals surface area contributed by atoms with Gasteiger partial charge in [-0.3, -0.25) is 14.7 Å². The first-order valence-corrected chi connectivity index (χ1v) is 14.4. The highest BCUT2D eigenvalue weighted by Gasteiger charge is 2.54. The summed E-state index contributed by atoms with van der Waals surface area (Å²) in [6, 6.07) is 18.5. The van der Waals surface area contributed by atoms with Gasteiger partial charge in [-0.2, -0.15) is 9.97 Å². The summed E-state index contributed by atoms with van der Waals surface area (Å²) >= 11 is 0. The molecular formula is C31H35N7O4. The number of rotatable bonds is 7. The monoisotopic (exact) mass is 569 g/mol. The van der Waals surface area contributed by atoms with E-state index in [0.717, 1.165) is 19.4 Å². The number of piperidine rings is 1. The van der Waals surface area contributed by atoms with Gasteiger partial charge in [0.1, 0.15) is 0 Å². The number of nitrogens with zero attached hydrogens (tertiary/aromatic N) is 5. The smallest absolute Gasteiger partial charge is 0.388 e.